The van der Waals surface area contributed by atoms with E-state index >= 15 is 0 Å². The Kier molecular flexibility index (Phi) is 5.97. The van der Waals surface area contributed by atoms with Gasteiger partial charge >= 0.3 is 11.9 Å². The van der Waals surface area contributed by atoms with Gasteiger partial charge in [-0.25, -0.2) is 4.79 Å². The molecule has 0 saturated heterocycles. The van der Waals surface area contributed by atoms with Crippen LogP contribution in [0.4, 0.5) is 0 Å². The third kappa shape index (κ3) is 4.24. The number of nitrogens with zero attached hydrogens (tertiary/aromatic N) is 1. The highest BCUT2D eigenvalue weighted by molar-refractivity contribution is 5.87. The highest BCUT2D eigenvalue weighted by Gasteiger charge is 2.11. The van der Waals surface area contributed by atoms with Gasteiger partial charge in [-0.2, -0.15) is 0 Å². The monoisotopic (exact) mass is 253 g/mol. The van der Waals surface area contributed by atoms with Crippen molar-refractivity contribution in [2.45, 2.75) is 33.2 Å². The molecule has 0 aliphatic heterocycles. The first-order valence-corrected chi connectivity index (χ1v) is 6.16. The van der Waals surface area contributed by atoms with E-state index < -0.39 is 0 Å². The van der Waals surface area contributed by atoms with Crippen molar-refractivity contribution in [2.24, 2.45) is 0 Å². The largest absolute Gasteiger partial charge is 0.466 e. The highest BCUT2D eigenvalue weighted by Crippen LogP contribution is 2.07. The molecular weight excluding hydrogens is 234 g/mol. The molecule has 1 rings (SSSR count). The molecule has 0 aromatic carbocycles. The van der Waals surface area contributed by atoms with Crippen molar-refractivity contribution in [3.8, 4) is 0 Å². The van der Waals surface area contributed by atoms with E-state index in [0.29, 0.717) is 38.3 Å². The van der Waals surface area contributed by atoms with Crippen molar-refractivity contribution in [3.05, 3.63) is 24.0 Å². The maximum absolute atomic E-state index is 11.6. The molecule has 0 bridgehead atoms. The normalized spacial score (nSPS) is 10.1. The van der Waals surface area contributed by atoms with Gasteiger partial charge in [-0.05, 0) is 32.4 Å². The smallest absolute Gasteiger partial charge is 0.354 e. The molecule has 18 heavy (non-hydrogen) atoms. The molecule has 1 heterocycles. The number of carbonyl (C=O) groups is 2. The Hall–Kier alpha value is -1.78. The average Bonchev–Trinajstić information content (AvgIpc) is 2.78. The SMILES string of the molecule is CCOC(=O)CCCn1cccc1C(=O)OCC. The van der Waals surface area contributed by atoms with Crippen LogP contribution in [0.5, 0.6) is 0 Å². The Bertz CT molecular complexity index is 397. The number of hydrogen-bond donors (Lipinski definition) is 0. The second kappa shape index (κ2) is 7.53. The molecule has 0 unspecified atom stereocenters. The summed E-state index contributed by atoms with van der Waals surface area (Å²) in [6.07, 6.45) is 2.80. The van der Waals surface area contributed by atoms with Gasteiger partial charge in [0.15, 0.2) is 0 Å². The third-order valence-corrected chi connectivity index (χ3v) is 2.40. The summed E-state index contributed by atoms with van der Waals surface area (Å²) in [7, 11) is 0. The summed E-state index contributed by atoms with van der Waals surface area (Å²) < 4.78 is 11.6. The summed E-state index contributed by atoms with van der Waals surface area (Å²) in [5, 5.41) is 0. The predicted octanol–water partition coefficient (Wildman–Crippen LogP) is 2.01. The van der Waals surface area contributed by atoms with E-state index in [1.54, 1.807) is 36.7 Å². The number of hydrogen-bond acceptors (Lipinski definition) is 4. The van der Waals surface area contributed by atoms with Crippen LogP contribution in [0.15, 0.2) is 18.3 Å². The Morgan fingerprint density at radius 3 is 2.61 bits per heavy atom. The molecule has 0 radical (unpaired) electrons. The van der Waals surface area contributed by atoms with E-state index in [1.807, 2.05) is 0 Å². The molecule has 0 amide bonds. The summed E-state index contributed by atoms with van der Waals surface area (Å²) in [5.74, 6) is -0.541. The fourth-order valence-electron chi connectivity index (χ4n) is 1.63. The number of esters is 2. The van der Waals surface area contributed by atoms with E-state index in [0.717, 1.165) is 0 Å². The topological polar surface area (TPSA) is 57.5 Å². The zero-order valence-corrected chi connectivity index (χ0v) is 10.8. The molecule has 0 spiro atoms. The van der Waals surface area contributed by atoms with E-state index in [-0.39, 0.29) is 11.9 Å². The van der Waals surface area contributed by atoms with Crippen LogP contribution in [0.3, 0.4) is 0 Å². The van der Waals surface area contributed by atoms with Crippen LogP contribution in [-0.4, -0.2) is 29.7 Å². The number of rotatable bonds is 7. The lowest BCUT2D eigenvalue weighted by molar-refractivity contribution is -0.143. The summed E-state index contributed by atoms with van der Waals surface area (Å²) in [6.45, 7) is 4.90. The average molecular weight is 253 g/mol. The molecule has 1 aromatic rings. The van der Waals surface area contributed by atoms with Crippen LogP contribution in [-0.2, 0) is 20.8 Å². The van der Waals surface area contributed by atoms with E-state index in [2.05, 4.69) is 0 Å². The third-order valence-electron chi connectivity index (χ3n) is 2.40. The first-order valence-electron chi connectivity index (χ1n) is 6.16. The molecule has 0 fully saturated rings. The molecule has 5 nitrogen and oxygen atoms in total. The van der Waals surface area contributed by atoms with Gasteiger partial charge in [0.25, 0.3) is 0 Å². The van der Waals surface area contributed by atoms with E-state index in [9.17, 15) is 9.59 Å². The maximum Gasteiger partial charge on any atom is 0.354 e. The maximum atomic E-state index is 11.6. The van der Waals surface area contributed by atoms with Crippen LogP contribution >= 0.6 is 0 Å². The second-order valence-corrected chi connectivity index (χ2v) is 3.72. The number of ether oxygens (including phenoxy) is 2. The van der Waals surface area contributed by atoms with Gasteiger partial charge in [-0.1, -0.05) is 0 Å². The van der Waals surface area contributed by atoms with Crippen LogP contribution in [0, 0.1) is 0 Å². The van der Waals surface area contributed by atoms with Crippen LogP contribution in [0.2, 0.25) is 0 Å². The van der Waals surface area contributed by atoms with Gasteiger partial charge in [0, 0.05) is 19.2 Å². The van der Waals surface area contributed by atoms with Gasteiger partial charge in [-0.15, -0.1) is 0 Å². The van der Waals surface area contributed by atoms with E-state index in [1.165, 1.54) is 0 Å². The highest BCUT2D eigenvalue weighted by atomic mass is 16.5. The quantitative estimate of drug-likeness (QED) is 0.697. The minimum Gasteiger partial charge on any atom is -0.466 e. The lowest BCUT2D eigenvalue weighted by Gasteiger charge is -2.08. The molecule has 100 valence electrons. The Labute approximate surface area is 107 Å². The fourth-order valence-corrected chi connectivity index (χ4v) is 1.63. The first-order chi connectivity index (χ1) is 8.69. The van der Waals surface area contributed by atoms with Crippen LogP contribution in [0.25, 0.3) is 0 Å². The van der Waals surface area contributed by atoms with Crippen molar-refractivity contribution in [3.63, 3.8) is 0 Å². The van der Waals surface area contributed by atoms with Gasteiger partial charge in [-0.3, -0.25) is 4.79 Å². The van der Waals surface area contributed by atoms with Gasteiger partial charge in [0.05, 0.1) is 13.2 Å². The van der Waals surface area contributed by atoms with E-state index in [4.69, 9.17) is 9.47 Å². The Morgan fingerprint density at radius 2 is 1.94 bits per heavy atom. The van der Waals surface area contributed by atoms with Crippen molar-refractivity contribution in [1.82, 2.24) is 4.57 Å². The van der Waals surface area contributed by atoms with Gasteiger partial charge in [0.1, 0.15) is 5.69 Å². The standard InChI is InChI=1S/C13H19NO4/c1-3-17-12(15)8-6-10-14-9-5-7-11(14)13(16)18-4-2/h5,7,9H,3-4,6,8,10H2,1-2H3. The van der Waals surface area contributed by atoms with Crippen LogP contribution in [0.1, 0.15) is 37.2 Å². The van der Waals surface area contributed by atoms with Gasteiger partial charge in [0.2, 0.25) is 0 Å². The van der Waals surface area contributed by atoms with Crippen molar-refractivity contribution in [1.29, 1.82) is 0 Å². The Morgan fingerprint density at radius 1 is 1.22 bits per heavy atom. The summed E-state index contributed by atoms with van der Waals surface area (Å²) in [6, 6.07) is 3.50. The van der Waals surface area contributed by atoms with Crippen molar-refractivity contribution < 1.29 is 19.1 Å². The molecule has 0 atom stereocenters. The molecule has 0 aliphatic rings. The summed E-state index contributed by atoms with van der Waals surface area (Å²) in [5.41, 5.74) is 0.515. The Balaban J connectivity index is 2.45. The van der Waals surface area contributed by atoms with Crippen LogP contribution < -0.4 is 0 Å². The molecule has 1 aromatic heterocycles. The second-order valence-electron chi connectivity index (χ2n) is 3.72. The lowest BCUT2D eigenvalue weighted by atomic mass is 10.3. The number of aryl methyl sites for hydroxylation is 1. The number of carbonyl (C=O) groups excluding carboxylic acids is 2. The molecule has 5 heteroatoms. The lowest BCUT2D eigenvalue weighted by Crippen LogP contribution is -2.13. The fraction of sp³-hybridized carbons (Fsp3) is 0.538. The molecule has 0 saturated carbocycles. The minimum absolute atomic E-state index is 0.206. The zero-order chi connectivity index (χ0) is 13.4. The molecular formula is C13H19NO4. The van der Waals surface area contributed by atoms with Crippen molar-refractivity contribution in [2.75, 3.05) is 13.2 Å². The minimum atomic E-state index is -0.335. The first kappa shape index (κ1) is 14.3. The predicted molar refractivity (Wildman–Crippen MR) is 66.3 cm³/mol. The van der Waals surface area contributed by atoms with Gasteiger partial charge < -0.3 is 14.0 Å². The number of aromatic nitrogens is 1. The zero-order valence-electron chi connectivity index (χ0n) is 10.8. The molecule has 0 aliphatic carbocycles. The summed E-state index contributed by atoms with van der Waals surface area (Å²) >= 11 is 0. The molecule has 0 N–H and O–H groups in total. The van der Waals surface area contributed by atoms with Crippen molar-refractivity contribution >= 4 is 11.9 Å². The summed E-state index contributed by atoms with van der Waals surface area (Å²) in [4.78, 5) is 22.8.